The average molecular weight is 375 g/mol. The van der Waals surface area contributed by atoms with Crippen LogP contribution in [0, 0.1) is 10.2 Å². The van der Waals surface area contributed by atoms with E-state index < -0.39 is 0 Å². The second kappa shape index (κ2) is 8.57. The van der Waals surface area contributed by atoms with Gasteiger partial charge >= 0.3 is 131 Å². The molecule has 0 fully saturated rings. The third kappa shape index (κ3) is 4.72. The summed E-state index contributed by atoms with van der Waals surface area (Å²) in [6.07, 6.45) is 0.865. The number of benzene rings is 2. The number of nitriles is 1. The minimum absolute atomic E-state index is 0.0299. The van der Waals surface area contributed by atoms with E-state index in [2.05, 4.69) is 16.4 Å². The van der Waals surface area contributed by atoms with Gasteiger partial charge in [0, 0.05) is 0 Å². The van der Waals surface area contributed by atoms with Crippen LogP contribution in [0.5, 0.6) is 5.75 Å². The summed E-state index contributed by atoms with van der Waals surface area (Å²) in [5, 5.41) is 14.5. The summed E-state index contributed by atoms with van der Waals surface area (Å²) in [4.78, 5) is 14.4. The molecule has 120 valence electrons. The fourth-order valence-corrected chi connectivity index (χ4v) is 3.14. The van der Waals surface area contributed by atoms with E-state index in [-0.39, 0.29) is 26.8 Å². The van der Waals surface area contributed by atoms with E-state index >= 15 is 0 Å². The maximum absolute atomic E-state index is 12.2. The number of carbonyl (C=O) groups excluding carboxylic acids is 1. The Morgan fingerprint density at radius 2 is 2.04 bits per heavy atom. The third-order valence-corrected chi connectivity index (χ3v) is 5.06. The predicted molar refractivity (Wildman–Crippen MR) is 92.7 cm³/mol. The zero-order chi connectivity index (χ0) is 16.7. The van der Waals surface area contributed by atoms with Crippen LogP contribution in [-0.4, -0.2) is 34.5 Å². The van der Waals surface area contributed by atoms with Gasteiger partial charge in [0.1, 0.15) is 0 Å². The van der Waals surface area contributed by atoms with Crippen LogP contribution >= 0.6 is 0 Å². The Bertz CT molecular complexity index is 725. The number of nitrogens with one attached hydrogen (secondary N) is 1. The van der Waals surface area contributed by atoms with Crippen molar-refractivity contribution in [3.8, 4) is 10.7 Å². The fourth-order valence-electron chi connectivity index (χ4n) is 2.34. The first-order valence-corrected chi connectivity index (χ1v) is 9.59. The quantitative estimate of drug-likeness (QED) is 0.598. The van der Waals surface area contributed by atoms with Crippen molar-refractivity contribution in [3.05, 3.63) is 42.0 Å². The Hall–Kier alpha value is -2.02. The molecule has 0 radical (unpaired) electrons. The van der Waals surface area contributed by atoms with E-state index in [9.17, 15) is 4.79 Å². The second-order valence-corrected chi connectivity index (χ2v) is 7.12. The van der Waals surface area contributed by atoms with Crippen molar-refractivity contribution < 1.29 is 9.53 Å². The molecule has 0 spiro atoms. The van der Waals surface area contributed by atoms with Crippen LogP contribution < -0.4 is 10.1 Å². The van der Waals surface area contributed by atoms with Gasteiger partial charge in [0.05, 0.1) is 7.11 Å². The standard InChI is InChI=1S/C18H20N2O2Se/c1-13(18(21)20-8-3-9-23-12-19)14-4-5-16-11-17(22-2)7-6-15(16)10-14/h4-7,10-11,13H,3,8-9H2,1-2H3,(H,20,21)/t13-/m0/s1. The van der Waals surface area contributed by atoms with Gasteiger partial charge in [-0.1, -0.05) is 0 Å². The maximum atomic E-state index is 12.2. The molecule has 2 rings (SSSR count). The molecule has 0 saturated carbocycles. The van der Waals surface area contributed by atoms with Gasteiger partial charge in [0.25, 0.3) is 0 Å². The van der Waals surface area contributed by atoms with Crippen LogP contribution in [0.15, 0.2) is 36.4 Å². The zero-order valence-electron chi connectivity index (χ0n) is 13.3. The molecule has 23 heavy (non-hydrogen) atoms. The topological polar surface area (TPSA) is 62.1 Å². The van der Waals surface area contributed by atoms with Gasteiger partial charge < -0.3 is 4.74 Å². The molecule has 0 aromatic heterocycles. The van der Waals surface area contributed by atoms with Crippen molar-refractivity contribution in [2.24, 2.45) is 0 Å². The van der Waals surface area contributed by atoms with Crippen molar-refractivity contribution in [2.75, 3.05) is 13.7 Å². The predicted octanol–water partition coefficient (Wildman–Crippen LogP) is 3.06. The van der Waals surface area contributed by atoms with Gasteiger partial charge in [-0.3, -0.25) is 0 Å². The van der Waals surface area contributed by atoms with Crippen LogP contribution in [0.1, 0.15) is 24.8 Å². The molecule has 4 nitrogen and oxygen atoms in total. The van der Waals surface area contributed by atoms with Gasteiger partial charge in [0.2, 0.25) is 0 Å². The average Bonchev–Trinajstić information content (AvgIpc) is 2.59. The van der Waals surface area contributed by atoms with E-state index in [4.69, 9.17) is 10.00 Å². The number of hydrogen-bond acceptors (Lipinski definition) is 3. The number of carbonyl (C=O) groups is 1. The summed E-state index contributed by atoms with van der Waals surface area (Å²) >= 11 is 0.0374. The van der Waals surface area contributed by atoms with Crippen molar-refractivity contribution in [2.45, 2.75) is 24.6 Å². The van der Waals surface area contributed by atoms with Crippen LogP contribution in [0.4, 0.5) is 0 Å². The number of rotatable bonds is 7. The molecule has 0 saturated heterocycles. The SMILES string of the molecule is COc1ccc2cc([C@H](C)C(=O)NCCC[Se]C#N)ccc2c1. The molecular weight excluding hydrogens is 355 g/mol. The van der Waals surface area contributed by atoms with E-state index in [0.717, 1.165) is 33.8 Å². The molecule has 0 aliphatic carbocycles. The third-order valence-electron chi connectivity index (χ3n) is 3.75. The molecular formula is C18H20N2O2Se. The Morgan fingerprint density at radius 3 is 2.78 bits per heavy atom. The summed E-state index contributed by atoms with van der Waals surface area (Å²) in [5.41, 5.74) is 1.00. The molecule has 0 unspecified atom stereocenters. The summed E-state index contributed by atoms with van der Waals surface area (Å²) < 4.78 is 5.23. The normalized spacial score (nSPS) is 11.7. The Kier molecular flexibility index (Phi) is 6.46. The minimum atomic E-state index is -0.192. The van der Waals surface area contributed by atoms with Crippen molar-refractivity contribution in [1.29, 1.82) is 5.26 Å². The first-order valence-electron chi connectivity index (χ1n) is 7.52. The molecule has 2 aromatic rings. The summed E-state index contributed by atoms with van der Waals surface area (Å²) in [6, 6.07) is 12.0. The van der Waals surface area contributed by atoms with E-state index in [1.807, 2.05) is 37.3 Å². The van der Waals surface area contributed by atoms with Gasteiger partial charge in [-0.2, -0.15) is 0 Å². The Labute approximate surface area is 143 Å². The Morgan fingerprint density at radius 1 is 1.30 bits per heavy atom. The van der Waals surface area contributed by atoms with Crippen LogP contribution in [0.3, 0.4) is 0 Å². The van der Waals surface area contributed by atoms with Crippen molar-refractivity contribution in [1.82, 2.24) is 5.32 Å². The van der Waals surface area contributed by atoms with Crippen molar-refractivity contribution in [3.63, 3.8) is 0 Å². The van der Waals surface area contributed by atoms with Crippen LogP contribution in [-0.2, 0) is 4.79 Å². The van der Waals surface area contributed by atoms with Gasteiger partial charge in [0.15, 0.2) is 0 Å². The molecule has 0 bridgehead atoms. The molecule has 0 heterocycles. The molecule has 5 heteroatoms. The number of ether oxygens (including phenoxy) is 1. The Balaban J connectivity index is 2.01. The molecule has 0 aliphatic heterocycles. The monoisotopic (exact) mass is 376 g/mol. The van der Waals surface area contributed by atoms with Crippen LogP contribution in [0.25, 0.3) is 10.8 Å². The summed E-state index contributed by atoms with van der Waals surface area (Å²) in [7, 11) is 1.65. The van der Waals surface area contributed by atoms with E-state index in [1.165, 1.54) is 0 Å². The first kappa shape index (κ1) is 17.3. The number of hydrogen-bond donors (Lipinski definition) is 1. The molecule has 2 aromatic carbocycles. The number of methoxy groups -OCH3 is 1. The van der Waals surface area contributed by atoms with E-state index in [1.54, 1.807) is 7.11 Å². The second-order valence-electron chi connectivity index (χ2n) is 5.28. The molecule has 0 aliphatic rings. The summed E-state index contributed by atoms with van der Waals surface area (Å²) in [5.74, 6) is 0.667. The number of nitrogens with zero attached hydrogens (tertiary/aromatic N) is 1. The molecule has 1 amide bonds. The van der Waals surface area contributed by atoms with Gasteiger partial charge in [-0.15, -0.1) is 0 Å². The first-order chi connectivity index (χ1) is 11.2. The van der Waals surface area contributed by atoms with E-state index in [0.29, 0.717) is 6.54 Å². The van der Waals surface area contributed by atoms with Crippen LogP contribution in [0.2, 0.25) is 5.32 Å². The number of amides is 1. The summed E-state index contributed by atoms with van der Waals surface area (Å²) in [6.45, 7) is 2.55. The van der Waals surface area contributed by atoms with Gasteiger partial charge in [-0.25, -0.2) is 0 Å². The van der Waals surface area contributed by atoms with Gasteiger partial charge in [-0.05, 0) is 0 Å². The fraction of sp³-hybridized carbons (Fsp3) is 0.333. The molecule has 1 N–H and O–H groups in total. The number of fused-ring (bicyclic) bond motifs is 1. The zero-order valence-corrected chi connectivity index (χ0v) is 15.0. The van der Waals surface area contributed by atoms with Crippen molar-refractivity contribution >= 4 is 31.6 Å². The molecule has 1 atom stereocenters.